The summed E-state index contributed by atoms with van der Waals surface area (Å²) in [6, 6.07) is 0. The van der Waals surface area contributed by atoms with Crippen LogP contribution in [0.25, 0.3) is 0 Å². The third-order valence-corrected chi connectivity index (χ3v) is 7.14. The van der Waals surface area contributed by atoms with Gasteiger partial charge in [0.1, 0.15) is 5.01 Å². The van der Waals surface area contributed by atoms with Gasteiger partial charge in [0.05, 0.1) is 6.54 Å². The molecule has 14 heteroatoms. The summed E-state index contributed by atoms with van der Waals surface area (Å²) in [6.45, 7) is 7.75. The number of piperidine rings is 2. The lowest BCUT2D eigenvalue weighted by atomic mass is 9.71. The number of thiazole rings is 1. The first-order valence-electron chi connectivity index (χ1n) is 11.1. The van der Waals surface area contributed by atoms with Gasteiger partial charge in [0.25, 0.3) is 0 Å². The molecule has 2 aliphatic heterocycles. The number of aromatic nitrogens is 1. The van der Waals surface area contributed by atoms with Gasteiger partial charge in [0.15, 0.2) is 0 Å². The summed E-state index contributed by atoms with van der Waals surface area (Å²) in [5, 5.41) is 17.6. The van der Waals surface area contributed by atoms with Crippen molar-refractivity contribution in [2.75, 3.05) is 32.7 Å². The van der Waals surface area contributed by atoms with Gasteiger partial charge in [-0.05, 0) is 76.0 Å². The molecule has 3 aliphatic rings. The Morgan fingerprint density at radius 2 is 1.34 bits per heavy atom. The smallest absolute Gasteiger partial charge is 0.475 e. The van der Waals surface area contributed by atoms with E-state index in [1.54, 1.807) is 11.3 Å². The minimum absolute atomic E-state index is 0.680. The summed E-state index contributed by atoms with van der Waals surface area (Å²) in [7, 11) is 0. The van der Waals surface area contributed by atoms with Crippen molar-refractivity contribution in [3.8, 4) is 0 Å². The number of alkyl halides is 6. The number of rotatable bonds is 4. The third-order valence-electron chi connectivity index (χ3n) is 6.37. The van der Waals surface area contributed by atoms with E-state index < -0.39 is 24.3 Å². The lowest BCUT2D eigenvalue weighted by Gasteiger charge is -2.47. The molecule has 1 spiro atoms. The molecule has 1 aromatic heterocycles. The van der Waals surface area contributed by atoms with E-state index in [-0.39, 0.29) is 0 Å². The van der Waals surface area contributed by atoms with Gasteiger partial charge in [-0.25, -0.2) is 14.6 Å². The van der Waals surface area contributed by atoms with Crippen LogP contribution in [0.5, 0.6) is 0 Å². The minimum Gasteiger partial charge on any atom is -0.475 e. The number of carboxylic acids is 2. The molecular weight excluding hydrogens is 504 g/mol. The van der Waals surface area contributed by atoms with Crippen molar-refractivity contribution in [1.82, 2.24) is 14.8 Å². The Morgan fingerprint density at radius 1 is 0.914 bits per heavy atom. The van der Waals surface area contributed by atoms with Crippen LogP contribution in [-0.4, -0.2) is 82.0 Å². The first-order valence-corrected chi connectivity index (χ1v) is 12.0. The number of carboxylic acid groups (broad SMARTS) is 2. The molecule has 0 aromatic carbocycles. The number of hydrogen-bond acceptors (Lipinski definition) is 6. The lowest BCUT2D eigenvalue weighted by molar-refractivity contribution is -0.193. The average molecular weight is 534 g/mol. The number of nitrogens with zero attached hydrogens (tertiary/aromatic N) is 3. The van der Waals surface area contributed by atoms with E-state index in [9.17, 15) is 26.3 Å². The van der Waals surface area contributed by atoms with Crippen LogP contribution in [0, 0.1) is 11.3 Å². The van der Waals surface area contributed by atoms with Crippen LogP contribution < -0.4 is 0 Å². The molecule has 7 nitrogen and oxygen atoms in total. The fourth-order valence-corrected chi connectivity index (χ4v) is 4.74. The zero-order valence-electron chi connectivity index (χ0n) is 18.9. The van der Waals surface area contributed by atoms with Crippen molar-refractivity contribution in [1.29, 1.82) is 0 Å². The maximum absolute atomic E-state index is 10.6. The Balaban J connectivity index is 0.000000257. The van der Waals surface area contributed by atoms with Gasteiger partial charge in [-0.2, -0.15) is 26.3 Å². The van der Waals surface area contributed by atoms with Gasteiger partial charge < -0.3 is 15.1 Å². The molecule has 2 saturated heterocycles. The Labute approximate surface area is 202 Å². The SMILES string of the molecule is O=C(O)C(F)(F)F.O=C(O)C(F)(F)F.c1csc(CN2CCC3(CC2)CCN(CC2CC2)CC3)n1. The first kappa shape index (κ1) is 29.3. The van der Waals surface area contributed by atoms with E-state index in [0.717, 1.165) is 12.5 Å². The molecule has 1 aromatic rings. The second-order valence-corrected chi connectivity index (χ2v) is 10.0. The molecule has 35 heavy (non-hydrogen) atoms. The summed E-state index contributed by atoms with van der Waals surface area (Å²) in [4.78, 5) is 27.6. The molecule has 3 fully saturated rings. The molecule has 1 saturated carbocycles. The minimum atomic E-state index is -5.08. The van der Waals surface area contributed by atoms with Gasteiger partial charge in [-0.1, -0.05) is 0 Å². The van der Waals surface area contributed by atoms with Gasteiger partial charge in [-0.3, -0.25) is 4.90 Å². The van der Waals surface area contributed by atoms with Crippen molar-refractivity contribution in [2.24, 2.45) is 11.3 Å². The highest BCUT2D eigenvalue weighted by Crippen LogP contribution is 2.42. The molecule has 1 aliphatic carbocycles. The molecule has 0 amide bonds. The van der Waals surface area contributed by atoms with Crippen LogP contribution in [0.1, 0.15) is 43.5 Å². The van der Waals surface area contributed by atoms with Gasteiger partial charge in [-0.15, -0.1) is 11.3 Å². The van der Waals surface area contributed by atoms with Crippen molar-refractivity contribution >= 4 is 23.3 Å². The van der Waals surface area contributed by atoms with Crippen LogP contribution >= 0.6 is 11.3 Å². The second kappa shape index (κ2) is 12.3. The zero-order valence-corrected chi connectivity index (χ0v) is 19.8. The van der Waals surface area contributed by atoms with Crippen LogP contribution in [0.15, 0.2) is 11.6 Å². The third kappa shape index (κ3) is 10.7. The molecule has 3 heterocycles. The van der Waals surface area contributed by atoms with Crippen LogP contribution in [-0.2, 0) is 16.1 Å². The molecule has 4 rings (SSSR count). The number of halogens is 6. The van der Waals surface area contributed by atoms with Crippen LogP contribution in [0.2, 0.25) is 0 Å². The van der Waals surface area contributed by atoms with Crippen LogP contribution in [0.4, 0.5) is 26.3 Å². The molecular formula is C21H29F6N3O4S. The Morgan fingerprint density at radius 3 is 1.69 bits per heavy atom. The predicted octanol–water partition coefficient (Wildman–Crippen LogP) is 4.50. The van der Waals surface area contributed by atoms with E-state index in [1.807, 2.05) is 6.20 Å². The molecule has 0 atom stereocenters. The van der Waals surface area contributed by atoms with E-state index >= 15 is 0 Å². The maximum atomic E-state index is 10.6. The van der Waals surface area contributed by atoms with Crippen LogP contribution in [0.3, 0.4) is 0 Å². The molecule has 0 radical (unpaired) electrons. The molecule has 0 unspecified atom stereocenters. The molecule has 2 N–H and O–H groups in total. The monoisotopic (exact) mass is 533 g/mol. The Kier molecular flexibility index (Phi) is 10.3. The zero-order chi connectivity index (χ0) is 26.3. The summed E-state index contributed by atoms with van der Waals surface area (Å²) in [6.07, 6.45) is 0.475. The average Bonchev–Trinajstić information content (AvgIpc) is 3.43. The highest BCUT2D eigenvalue weighted by atomic mass is 32.1. The number of likely N-dealkylation sites (tertiary alicyclic amines) is 2. The first-order chi connectivity index (χ1) is 16.2. The number of carbonyl (C=O) groups is 2. The maximum Gasteiger partial charge on any atom is 0.490 e. The largest absolute Gasteiger partial charge is 0.490 e. The summed E-state index contributed by atoms with van der Waals surface area (Å²) >= 11 is 1.80. The topological polar surface area (TPSA) is 94.0 Å². The van der Waals surface area contributed by atoms with Crippen molar-refractivity contribution in [3.05, 3.63) is 16.6 Å². The summed E-state index contributed by atoms with van der Waals surface area (Å²) in [5.41, 5.74) is 0.680. The highest BCUT2D eigenvalue weighted by Gasteiger charge is 2.39. The number of aliphatic carboxylic acids is 2. The Bertz CT molecular complexity index is 773. The lowest BCUT2D eigenvalue weighted by Crippen LogP contribution is -2.46. The van der Waals surface area contributed by atoms with E-state index in [1.165, 1.54) is 76.3 Å². The normalized spacial score (nSPS) is 20.9. The quantitative estimate of drug-likeness (QED) is 0.551. The van der Waals surface area contributed by atoms with Crippen molar-refractivity contribution in [3.63, 3.8) is 0 Å². The van der Waals surface area contributed by atoms with E-state index in [2.05, 4.69) is 20.2 Å². The predicted molar refractivity (Wildman–Crippen MR) is 115 cm³/mol. The molecule has 200 valence electrons. The van der Waals surface area contributed by atoms with Gasteiger partial charge in [0.2, 0.25) is 0 Å². The standard InChI is InChI=1S/C17H27N3S.2C2HF3O2/c1-2-15(1)13-19-8-3-17(4-9-19)5-10-20(11-6-17)14-16-18-7-12-21-16;2*3-2(4,5)1(6)7/h7,12,15H,1-6,8-11,13-14H2;2*(H,6,7). The van der Waals surface area contributed by atoms with Gasteiger partial charge in [0, 0.05) is 18.1 Å². The van der Waals surface area contributed by atoms with E-state index in [4.69, 9.17) is 19.8 Å². The van der Waals surface area contributed by atoms with Gasteiger partial charge >= 0.3 is 24.3 Å². The molecule has 0 bridgehead atoms. The van der Waals surface area contributed by atoms with Crippen molar-refractivity contribution < 1.29 is 46.1 Å². The number of hydrogen-bond donors (Lipinski definition) is 2. The van der Waals surface area contributed by atoms with E-state index in [0.29, 0.717) is 5.41 Å². The fraction of sp³-hybridized carbons (Fsp3) is 0.762. The highest BCUT2D eigenvalue weighted by molar-refractivity contribution is 7.09. The fourth-order valence-electron chi connectivity index (χ4n) is 4.08. The summed E-state index contributed by atoms with van der Waals surface area (Å²) in [5.74, 6) is -4.46. The summed E-state index contributed by atoms with van der Waals surface area (Å²) < 4.78 is 63.5. The second-order valence-electron chi connectivity index (χ2n) is 9.05. The Hall–Kier alpha value is -1.93. The van der Waals surface area contributed by atoms with Crippen molar-refractivity contribution in [2.45, 2.75) is 57.4 Å².